The average Bonchev–Trinajstić information content (AvgIpc) is 2.24. The molecule has 1 aliphatic carbocycles. The highest BCUT2D eigenvalue weighted by molar-refractivity contribution is 5.61. The van der Waals surface area contributed by atoms with E-state index in [0.29, 0.717) is 6.61 Å². The maximum atomic E-state index is 11.5. The highest BCUT2D eigenvalue weighted by atomic mass is 16.7. The first-order chi connectivity index (χ1) is 7.97. The fourth-order valence-corrected chi connectivity index (χ4v) is 1.88. The summed E-state index contributed by atoms with van der Waals surface area (Å²) in [5, 5.41) is 0. The summed E-state index contributed by atoms with van der Waals surface area (Å²) in [5.74, 6) is 0. The average molecular weight is 238 g/mol. The van der Waals surface area contributed by atoms with Crippen molar-refractivity contribution in [2.75, 3.05) is 6.61 Å². The van der Waals surface area contributed by atoms with Gasteiger partial charge in [0, 0.05) is 5.41 Å². The van der Waals surface area contributed by atoms with Crippen molar-refractivity contribution in [3.8, 4) is 0 Å². The van der Waals surface area contributed by atoms with Gasteiger partial charge in [0.25, 0.3) is 0 Å². The zero-order valence-corrected chi connectivity index (χ0v) is 11.2. The summed E-state index contributed by atoms with van der Waals surface area (Å²) in [4.78, 5) is 11.5. The standard InChI is InChI=1S/C14H22O3/c1-5-6-10-16-13(15)17-12-11(2)8-7-9-14(12,3)4/h7-9,12H,5-6,10H2,1-4H3. The van der Waals surface area contributed by atoms with Crippen LogP contribution in [0.15, 0.2) is 23.8 Å². The third-order valence-electron chi connectivity index (χ3n) is 2.91. The Bertz CT molecular complexity index is 326. The Morgan fingerprint density at radius 1 is 1.47 bits per heavy atom. The lowest BCUT2D eigenvalue weighted by molar-refractivity contribution is 0.00501. The van der Waals surface area contributed by atoms with Crippen molar-refractivity contribution < 1.29 is 14.3 Å². The molecule has 0 N–H and O–H groups in total. The van der Waals surface area contributed by atoms with Crippen LogP contribution in [0.1, 0.15) is 40.5 Å². The lowest BCUT2D eigenvalue weighted by Crippen LogP contribution is -2.35. The van der Waals surface area contributed by atoms with Crippen LogP contribution in [-0.4, -0.2) is 18.9 Å². The normalized spacial score (nSPS) is 21.9. The van der Waals surface area contributed by atoms with Crippen LogP contribution < -0.4 is 0 Å². The van der Waals surface area contributed by atoms with Crippen molar-refractivity contribution in [2.24, 2.45) is 5.41 Å². The van der Waals surface area contributed by atoms with Crippen LogP contribution in [0.25, 0.3) is 0 Å². The molecule has 0 saturated heterocycles. The molecule has 3 heteroatoms. The van der Waals surface area contributed by atoms with Gasteiger partial charge in [-0.25, -0.2) is 4.79 Å². The Kier molecular flexibility index (Phi) is 4.79. The molecule has 0 heterocycles. The molecule has 0 fully saturated rings. The molecule has 3 nitrogen and oxygen atoms in total. The number of allylic oxidation sites excluding steroid dienone is 2. The van der Waals surface area contributed by atoms with E-state index in [1.807, 2.05) is 39.0 Å². The molecule has 17 heavy (non-hydrogen) atoms. The minimum atomic E-state index is -0.570. The fourth-order valence-electron chi connectivity index (χ4n) is 1.88. The summed E-state index contributed by atoms with van der Waals surface area (Å²) in [5.41, 5.74) is 0.868. The molecule has 0 aromatic rings. The lowest BCUT2D eigenvalue weighted by atomic mass is 9.79. The number of hydrogen-bond donors (Lipinski definition) is 0. The quantitative estimate of drug-likeness (QED) is 0.551. The summed E-state index contributed by atoms with van der Waals surface area (Å²) >= 11 is 0. The molecule has 0 saturated carbocycles. The van der Waals surface area contributed by atoms with Gasteiger partial charge in [0.05, 0.1) is 6.61 Å². The van der Waals surface area contributed by atoms with Crippen LogP contribution in [0.3, 0.4) is 0 Å². The minimum Gasteiger partial charge on any atom is -0.434 e. The van der Waals surface area contributed by atoms with E-state index in [4.69, 9.17) is 9.47 Å². The van der Waals surface area contributed by atoms with Gasteiger partial charge in [0.15, 0.2) is 0 Å². The first-order valence-corrected chi connectivity index (χ1v) is 6.17. The summed E-state index contributed by atoms with van der Waals surface area (Å²) in [6.45, 7) is 8.54. The van der Waals surface area contributed by atoms with Crippen LogP contribution in [0.2, 0.25) is 0 Å². The Labute approximate surface area is 103 Å². The number of hydrogen-bond acceptors (Lipinski definition) is 3. The first-order valence-electron chi connectivity index (χ1n) is 6.17. The van der Waals surface area contributed by atoms with Gasteiger partial charge < -0.3 is 9.47 Å². The Morgan fingerprint density at radius 3 is 2.76 bits per heavy atom. The van der Waals surface area contributed by atoms with Gasteiger partial charge >= 0.3 is 6.16 Å². The zero-order valence-electron chi connectivity index (χ0n) is 11.2. The molecule has 96 valence electrons. The van der Waals surface area contributed by atoms with Gasteiger partial charge in [0.1, 0.15) is 6.10 Å². The lowest BCUT2D eigenvalue weighted by Gasteiger charge is -2.33. The van der Waals surface area contributed by atoms with E-state index in [0.717, 1.165) is 18.4 Å². The van der Waals surface area contributed by atoms with Gasteiger partial charge in [-0.05, 0) is 18.9 Å². The van der Waals surface area contributed by atoms with E-state index in [1.165, 1.54) is 0 Å². The minimum absolute atomic E-state index is 0.178. The molecule has 1 unspecified atom stereocenters. The third-order valence-corrected chi connectivity index (χ3v) is 2.91. The molecule has 0 bridgehead atoms. The van der Waals surface area contributed by atoms with Gasteiger partial charge in [-0.3, -0.25) is 0 Å². The van der Waals surface area contributed by atoms with Crippen molar-refractivity contribution in [3.05, 3.63) is 23.8 Å². The highest BCUT2D eigenvalue weighted by Crippen LogP contribution is 2.33. The first kappa shape index (κ1) is 13.8. The van der Waals surface area contributed by atoms with Crippen LogP contribution in [-0.2, 0) is 9.47 Å². The molecule has 1 aliphatic rings. The molecule has 0 aliphatic heterocycles. The van der Waals surface area contributed by atoms with Gasteiger partial charge in [-0.2, -0.15) is 0 Å². The largest absolute Gasteiger partial charge is 0.508 e. The van der Waals surface area contributed by atoms with Crippen molar-refractivity contribution in [1.82, 2.24) is 0 Å². The summed E-state index contributed by atoms with van der Waals surface area (Å²) in [6.07, 6.45) is 7.08. The molecule has 0 amide bonds. The number of unbranched alkanes of at least 4 members (excludes halogenated alkanes) is 1. The second kappa shape index (κ2) is 5.89. The summed E-state index contributed by atoms with van der Waals surface area (Å²) in [6, 6.07) is 0. The SMILES string of the molecule is CCCCOC(=O)OC1C(C)=CC=CC1(C)C. The van der Waals surface area contributed by atoms with E-state index < -0.39 is 6.16 Å². The van der Waals surface area contributed by atoms with Crippen molar-refractivity contribution in [2.45, 2.75) is 46.6 Å². The van der Waals surface area contributed by atoms with E-state index in [2.05, 4.69) is 6.92 Å². The molecular weight excluding hydrogens is 216 g/mol. The third kappa shape index (κ3) is 3.91. The second-order valence-electron chi connectivity index (χ2n) is 5.04. The van der Waals surface area contributed by atoms with E-state index in [-0.39, 0.29) is 11.5 Å². The molecular formula is C14H22O3. The summed E-state index contributed by atoms with van der Waals surface area (Å²) < 4.78 is 10.4. The van der Waals surface area contributed by atoms with Gasteiger partial charge in [-0.15, -0.1) is 0 Å². The molecule has 1 atom stereocenters. The molecule has 0 radical (unpaired) electrons. The van der Waals surface area contributed by atoms with Crippen molar-refractivity contribution >= 4 is 6.16 Å². The highest BCUT2D eigenvalue weighted by Gasteiger charge is 2.33. The Hall–Kier alpha value is -1.25. The van der Waals surface area contributed by atoms with Crippen LogP contribution in [0.4, 0.5) is 4.79 Å². The monoisotopic (exact) mass is 238 g/mol. The van der Waals surface area contributed by atoms with Gasteiger partial charge in [-0.1, -0.05) is 45.4 Å². The zero-order chi connectivity index (χ0) is 12.9. The van der Waals surface area contributed by atoms with Crippen LogP contribution >= 0.6 is 0 Å². The topological polar surface area (TPSA) is 35.5 Å². The predicted octanol–water partition coefficient (Wildman–Crippen LogP) is 3.85. The van der Waals surface area contributed by atoms with Gasteiger partial charge in [0.2, 0.25) is 0 Å². The number of rotatable bonds is 4. The maximum absolute atomic E-state index is 11.5. The maximum Gasteiger partial charge on any atom is 0.508 e. The Morgan fingerprint density at radius 2 is 2.18 bits per heavy atom. The van der Waals surface area contributed by atoms with Crippen LogP contribution in [0.5, 0.6) is 0 Å². The smallest absolute Gasteiger partial charge is 0.434 e. The molecule has 0 aromatic carbocycles. The number of ether oxygens (including phenoxy) is 2. The number of carbonyl (C=O) groups is 1. The predicted molar refractivity (Wildman–Crippen MR) is 67.8 cm³/mol. The number of carbonyl (C=O) groups excluding carboxylic acids is 1. The summed E-state index contributed by atoms with van der Waals surface area (Å²) in [7, 11) is 0. The molecule has 1 rings (SSSR count). The van der Waals surface area contributed by atoms with E-state index >= 15 is 0 Å². The van der Waals surface area contributed by atoms with E-state index in [9.17, 15) is 4.79 Å². The van der Waals surface area contributed by atoms with Crippen molar-refractivity contribution in [1.29, 1.82) is 0 Å². The second-order valence-corrected chi connectivity index (χ2v) is 5.04. The molecule has 0 spiro atoms. The van der Waals surface area contributed by atoms with E-state index in [1.54, 1.807) is 0 Å². The van der Waals surface area contributed by atoms with Crippen LogP contribution in [0, 0.1) is 5.41 Å². The molecule has 0 aromatic heterocycles. The fraction of sp³-hybridized carbons (Fsp3) is 0.643. The Balaban J connectivity index is 2.52. The van der Waals surface area contributed by atoms with Crippen molar-refractivity contribution in [3.63, 3.8) is 0 Å².